The largest absolute Gasteiger partial charge is 0.486 e. The molecule has 0 saturated heterocycles. The van der Waals surface area contributed by atoms with E-state index in [0.717, 1.165) is 11.3 Å². The van der Waals surface area contributed by atoms with Crippen molar-refractivity contribution in [2.75, 3.05) is 26.3 Å². The van der Waals surface area contributed by atoms with Crippen molar-refractivity contribution in [3.05, 3.63) is 23.8 Å². The van der Waals surface area contributed by atoms with Crippen LogP contribution in [-0.2, 0) is 4.79 Å². The maximum absolute atomic E-state index is 11.8. The van der Waals surface area contributed by atoms with Gasteiger partial charge in [-0.05, 0) is 31.0 Å². The maximum atomic E-state index is 11.8. The predicted molar refractivity (Wildman–Crippen MR) is 85.7 cm³/mol. The molecule has 0 aromatic heterocycles. The third-order valence-corrected chi connectivity index (χ3v) is 3.43. The van der Waals surface area contributed by atoms with Crippen molar-refractivity contribution in [2.45, 2.75) is 26.3 Å². The minimum atomic E-state index is -0.241. The quantitative estimate of drug-likeness (QED) is 0.690. The van der Waals surface area contributed by atoms with Gasteiger partial charge in [-0.25, -0.2) is 4.79 Å². The van der Waals surface area contributed by atoms with Crippen molar-refractivity contribution < 1.29 is 19.1 Å². The van der Waals surface area contributed by atoms with Crippen LogP contribution in [0.25, 0.3) is 0 Å². The van der Waals surface area contributed by atoms with Crippen LogP contribution in [0.4, 0.5) is 4.79 Å². The summed E-state index contributed by atoms with van der Waals surface area (Å²) in [5, 5.41) is 8.31. The Morgan fingerprint density at radius 3 is 2.57 bits per heavy atom. The van der Waals surface area contributed by atoms with Crippen LogP contribution in [0.15, 0.2) is 18.2 Å². The molecule has 1 aliphatic heterocycles. The Morgan fingerprint density at radius 1 is 1.13 bits per heavy atom. The van der Waals surface area contributed by atoms with Gasteiger partial charge in [-0.2, -0.15) is 0 Å². The lowest BCUT2D eigenvalue weighted by atomic mass is 10.1. The molecule has 7 nitrogen and oxygen atoms in total. The molecule has 0 bridgehead atoms. The number of fused-ring (bicyclic) bond motifs is 1. The molecule has 23 heavy (non-hydrogen) atoms. The van der Waals surface area contributed by atoms with E-state index in [1.54, 1.807) is 0 Å². The minimum Gasteiger partial charge on any atom is -0.486 e. The van der Waals surface area contributed by atoms with E-state index in [-0.39, 0.29) is 18.0 Å². The molecule has 126 valence electrons. The number of carbonyl (C=O) groups is 2. The summed E-state index contributed by atoms with van der Waals surface area (Å²) in [5.41, 5.74) is 0.947. The number of ether oxygens (including phenoxy) is 2. The Morgan fingerprint density at radius 2 is 1.83 bits per heavy atom. The van der Waals surface area contributed by atoms with Gasteiger partial charge in [0.2, 0.25) is 5.91 Å². The summed E-state index contributed by atoms with van der Waals surface area (Å²) < 4.78 is 11.0. The average Bonchev–Trinajstić information content (AvgIpc) is 2.53. The van der Waals surface area contributed by atoms with Crippen LogP contribution in [0.1, 0.15) is 31.9 Å². The van der Waals surface area contributed by atoms with Gasteiger partial charge in [0.1, 0.15) is 13.2 Å². The zero-order valence-electron chi connectivity index (χ0n) is 13.5. The van der Waals surface area contributed by atoms with Crippen molar-refractivity contribution in [3.8, 4) is 11.5 Å². The number of amides is 3. The van der Waals surface area contributed by atoms with Gasteiger partial charge in [0, 0.05) is 20.0 Å². The number of hydrogen-bond donors (Lipinski definition) is 3. The Balaban J connectivity index is 1.76. The Kier molecular flexibility index (Phi) is 6.08. The fourth-order valence-corrected chi connectivity index (χ4v) is 2.22. The van der Waals surface area contributed by atoms with Crippen LogP contribution in [0, 0.1) is 0 Å². The summed E-state index contributed by atoms with van der Waals surface area (Å²) in [7, 11) is 0. The Bertz CT molecular complexity index is 562. The molecule has 0 saturated carbocycles. The maximum Gasteiger partial charge on any atom is 0.315 e. The SMILES string of the molecule is CC(=O)NCCCNC(=O)NC(C)c1ccc2c(c1)OCCO2. The zero-order valence-corrected chi connectivity index (χ0v) is 13.5. The smallest absolute Gasteiger partial charge is 0.315 e. The van der Waals surface area contributed by atoms with Gasteiger partial charge in [-0.1, -0.05) is 6.07 Å². The van der Waals surface area contributed by atoms with Gasteiger partial charge < -0.3 is 25.4 Å². The van der Waals surface area contributed by atoms with Crippen LogP contribution < -0.4 is 25.4 Å². The third kappa shape index (κ3) is 5.36. The van der Waals surface area contributed by atoms with Gasteiger partial charge in [-0.3, -0.25) is 4.79 Å². The highest BCUT2D eigenvalue weighted by Crippen LogP contribution is 2.32. The van der Waals surface area contributed by atoms with E-state index in [0.29, 0.717) is 38.5 Å². The van der Waals surface area contributed by atoms with Crippen molar-refractivity contribution in [1.82, 2.24) is 16.0 Å². The van der Waals surface area contributed by atoms with Crippen LogP contribution in [0.3, 0.4) is 0 Å². The molecule has 1 unspecified atom stereocenters. The average molecular weight is 321 g/mol. The van der Waals surface area contributed by atoms with Gasteiger partial charge in [0.15, 0.2) is 11.5 Å². The van der Waals surface area contributed by atoms with Crippen LogP contribution in [-0.4, -0.2) is 38.2 Å². The molecule has 0 aliphatic carbocycles. The zero-order chi connectivity index (χ0) is 16.7. The van der Waals surface area contributed by atoms with Crippen molar-refractivity contribution >= 4 is 11.9 Å². The van der Waals surface area contributed by atoms with Gasteiger partial charge >= 0.3 is 6.03 Å². The summed E-state index contributed by atoms with van der Waals surface area (Å²) in [5.74, 6) is 1.37. The number of hydrogen-bond acceptors (Lipinski definition) is 4. The number of rotatable bonds is 6. The molecule has 1 aliphatic rings. The first-order chi connectivity index (χ1) is 11.1. The van der Waals surface area contributed by atoms with Crippen molar-refractivity contribution in [1.29, 1.82) is 0 Å². The monoisotopic (exact) mass is 321 g/mol. The first-order valence-corrected chi connectivity index (χ1v) is 7.74. The molecule has 3 N–H and O–H groups in total. The fraction of sp³-hybridized carbons (Fsp3) is 0.500. The number of urea groups is 1. The summed E-state index contributed by atoms with van der Waals surface area (Å²) in [6.07, 6.45) is 0.686. The van der Waals surface area contributed by atoms with Crippen LogP contribution in [0.5, 0.6) is 11.5 Å². The molecule has 7 heteroatoms. The standard InChI is InChI=1S/C16H23N3O4/c1-11(19-16(21)18-7-3-6-17-12(2)20)13-4-5-14-15(10-13)23-9-8-22-14/h4-5,10-11H,3,6-9H2,1-2H3,(H,17,20)(H2,18,19,21). The first-order valence-electron chi connectivity index (χ1n) is 7.74. The molecule has 2 rings (SSSR count). The van der Waals surface area contributed by atoms with E-state index < -0.39 is 0 Å². The first kappa shape index (κ1) is 16.9. The second-order valence-corrected chi connectivity index (χ2v) is 5.36. The van der Waals surface area contributed by atoms with E-state index in [4.69, 9.17) is 9.47 Å². The van der Waals surface area contributed by atoms with E-state index in [1.165, 1.54) is 6.92 Å². The second kappa shape index (κ2) is 8.26. The molecule has 1 heterocycles. The van der Waals surface area contributed by atoms with Crippen molar-refractivity contribution in [2.24, 2.45) is 0 Å². The molecule has 1 aromatic rings. The van der Waals surface area contributed by atoms with Crippen LogP contribution >= 0.6 is 0 Å². The highest BCUT2D eigenvalue weighted by atomic mass is 16.6. The summed E-state index contributed by atoms with van der Waals surface area (Å²) in [6.45, 7) is 5.51. The predicted octanol–water partition coefficient (Wildman–Crippen LogP) is 1.34. The van der Waals surface area contributed by atoms with E-state index in [2.05, 4.69) is 16.0 Å². The lowest BCUT2D eigenvalue weighted by Crippen LogP contribution is -2.38. The highest BCUT2D eigenvalue weighted by molar-refractivity contribution is 5.74. The molecule has 0 radical (unpaired) electrons. The molecule has 0 spiro atoms. The van der Waals surface area contributed by atoms with E-state index in [1.807, 2.05) is 25.1 Å². The second-order valence-electron chi connectivity index (χ2n) is 5.36. The highest BCUT2D eigenvalue weighted by Gasteiger charge is 2.15. The molecule has 1 atom stereocenters. The number of benzene rings is 1. The molecule has 1 aromatic carbocycles. The van der Waals surface area contributed by atoms with E-state index in [9.17, 15) is 9.59 Å². The normalized spacial score (nSPS) is 13.8. The third-order valence-electron chi connectivity index (χ3n) is 3.43. The Hall–Kier alpha value is -2.44. The molecular formula is C16H23N3O4. The van der Waals surface area contributed by atoms with Crippen molar-refractivity contribution in [3.63, 3.8) is 0 Å². The lowest BCUT2D eigenvalue weighted by molar-refractivity contribution is -0.118. The fourth-order valence-electron chi connectivity index (χ4n) is 2.22. The van der Waals surface area contributed by atoms with Gasteiger partial charge in [0.05, 0.1) is 6.04 Å². The molecule has 0 fully saturated rings. The lowest BCUT2D eigenvalue weighted by Gasteiger charge is -2.21. The summed E-state index contributed by atoms with van der Waals surface area (Å²) in [4.78, 5) is 22.6. The Labute approximate surface area is 135 Å². The molecule has 3 amide bonds. The topological polar surface area (TPSA) is 88.7 Å². The van der Waals surface area contributed by atoms with Gasteiger partial charge in [-0.15, -0.1) is 0 Å². The summed E-state index contributed by atoms with van der Waals surface area (Å²) in [6, 6.07) is 5.26. The number of carbonyl (C=O) groups excluding carboxylic acids is 2. The van der Waals surface area contributed by atoms with Crippen LogP contribution in [0.2, 0.25) is 0 Å². The number of nitrogens with one attached hydrogen (secondary N) is 3. The van der Waals surface area contributed by atoms with Gasteiger partial charge in [0.25, 0.3) is 0 Å². The summed E-state index contributed by atoms with van der Waals surface area (Å²) >= 11 is 0. The molecular weight excluding hydrogens is 298 g/mol. The van der Waals surface area contributed by atoms with E-state index >= 15 is 0 Å². The minimum absolute atomic E-state index is 0.0679.